The number of anilines is 2. The number of phenolic OH excluding ortho intramolecular Hbond substituents is 1. The van der Waals surface area contributed by atoms with Crippen molar-refractivity contribution in [3.05, 3.63) is 34.8 Å². The summed E-state index contributed by atoms with van der Waals surface area (Å²) in [6.45, 7) is 1.77. The normalized spacial score (nSPS) is 11.2. The molecule has 0 saturated heterocycles. The second kappa shape index (κ2) is 6.32. The van der Waals surface area contributed by atoms with E-state index in [9.17, 15) is 18.3 Å². The van der Waals surface area contributed by atoms with Gasteiger partial charge in [0.1, 0.15) is 5.75 Å². The van der Waals surface area contributed by atoms with Crippen molar-refractivity contribution < 1.29 is 18.3 Å². The number of carbonyl (C=O) groups excluding carboxylic acids is 1. The van der Waals surface area contributed by atoms with E-state index in [2.05, 4.69) is 15.0 Å². The Bertz CT molecular complexity index is 799. The Morgan fingerprint density at radius 1 is 1.41 bits per heavy atom. The molecular formula is C13H15N3O4S2. The van der Waals surface area contributed by atoms with Crippen molar-refractivity contribution in [2.45, 2.75) is 13.3 Å². The van der Waals surface area contributed by atoms with E-state index in [0.717, 1.165) is 23.2 Å². The summed E-state index contributed by atoms with van der Waals surface area (Å²) in [5.74, 6) is -0.142. The van der Waals surface area contributed by atoms with Crippen molar-refractivity contribution in [2.75, 3.05) is 16.3 Å². The van der Waals surface area contributed by atoms with Crippen LogP contribution in [0.25, 0.3) is 0 Å². The summed E-state index contributed by atoms with van der Waals surface area (Å²) in [4.78, 5) is 16.0. The van der Waals surface area contributed by atoms with Crippen molar-refractivity contribution in [1.29, 1.82) is 0 Å². The minimum atomic E-state index is -3.38. The highest BCUT2D eigenvalue weighted by molar-refractivity contribution is 7.92. The molecule has 3 N–H and O–H groups in total. The van der Waals surface area contributed by atoms with Crippen LogP contribution >= 0.6 is 11.3 Å². The summed E-state index contributed by atoms with van der Waals surface area (Å²) in [6.07, 6.45) is 1.07. The molecule has 1 aromatic heterocycles. The standard InChI is InChI=1S/C13H15N3O4S2/c1-8-5-10(17)3-4-11(8)15-12(18)6-9-7-21-13(14-9)16-22(2,19)20/h3-5,7,17H,6H2,1-2H3,(H,14,16)(H,15,18). The lowest BCUT2D eigenvalue weighted by Crippen LogP contribution is -2.15. The van der Waals surface area contributed by atoms with Gasteiger partial charge in [0.05, 0.1) is 18.4 Å². The SMILES string of the molecule is Cc1cc(O)ccc1NC(=O)Cc1csc(NS(C)(=O)=O)n1. The van der Waals surface area contributed by atoms with Crippen LogP contribution in [0.2, 0.25) is 0 Å². The summed E-state index contributed by atoms with van der Waals surface area (Å²) in [7, 11) is -3.38. The van der Waals surface area contributed by atoms with Crippen LogP contribution in [-0.2, 0) is 21.2 Å². The predicted octanol–water partition coefficient (Wildman–Crippen LogP) is 1.71. The number of aromatic nitrogens is 1. The second-order valence-corrected chi connectivity index (χ2v) is 7.35. The van der Waals surface area contributed by atoms with Gasteiger partial charge in [-0.25, -0.2) is 13.4 Å². The average Bonchev–Trinajstić information content (AvgIpc) is 2.77. The Balaban J connectivity index is 2.00. The topological polar surface area (TPSA) is 108 Å². The van der Waals surface area contributed by atoms with Crippen molar-refractivity contribution in [1.82, 2.24) is 4.98 Å². The number of nitrogens with zero attached hydrogens (tertiary/aromatic N) is 1. The number of thiazole rings is 1. The van der Waals surface area contributed by atoms with Gasteiger partial charge in [0.15, 0.2) is 5.13 Å². The molecule has 0 saturated carbocycles. The summed E-state index contributed by atoms with van der Waals surface area (Å²) in [6, 6.07) is 4.65. The third-order valence-electron chi connectivity index (χ3n) is 2.65. The lowest BCUT2D eigenvalue weighted by atomic mass is 10.2. The van der Waals surface area contributed by atoms with Crippen molar-refractivity contribution in [2.24, 2.45) is 0 Å². The van der Waals surface area contributed by atoms with E-state index in [1.54, 1.807) is 24.4 Å². The monoisotopic (exact) mass is 341 g/mol. The zero-order valence-electron chi connectivity index (χ0n) is 12.0. The molecule has 0 bridgehead atoms. The largest absolute Gasteiger partial charge is 0.508 e. The van der Waals surface area contributed by atoms with Gasteiger partial charge in [-0.05, 0) is 30.7 Å². The van der Waals surface area contributed by atoms with Gasteiger partial charge < -0.3 is 10.4 Å². The molecule has 0 aliphatic heterocycles. The zero-order chi connectivity index (χ0) is 16.3. The van der Waals surface area contributed by atoms with E-state index in [0.29, 0.717) is 11.4 Å². The number of hydrogen-bond acceptors (Lipinski definition) is 6. The highest BCUT2D eigenvalue weighted by atomic mass is 32.2. The number of carbonyl (C=O) groups is 1. The summed E-state index contributed by atoms with van der Waals surface area (Å²) in [5.41, 5.74) is 1.82. The third kappa shape index (κ3) is 4.71. The lowest BCUT2D eigenvalue weighted by molar-refractivity contribution is -0.115. The van der Waals surface area contributed by atoms with E-state index in [1.807, 2.05) is 0 Å². The van der Waals surface area contributed by atoms with Gasteiger partial charge >= 0.3 is 0 Å². The smallest absolute Gasteiger partial charge is 0.231 e. The Hall–Kier alpha value is -2.13. The molecule has 9 heteroatoms. The maximum Gasteiger partial charge on any atom is 0.231 e. The Morgan fingerprint density at radius 2 is 2.14 bits per heavy atom. The van der Waals surface area contributed by atoms with E-state index in [1.165, 1.54) is 6.07 Å². The molecule has 7 nitrogen and oxygen atoms in total. The van der Waals surface area contributed by atoms with E-state index >= 15 is 0 Å². The molecular weight excluding hydrogens is 326 g/mol. The fraction of sp³-hybridized carbons (Fsp3) is 0.231. The highest BCUT2D eigenvalue weighted by Crippen LogP contribution is 2.21. The number of benzene rings is 1. The van der Waals surface area contributed by atoms with Crippen LogP contribution in [0.3, 0.4) is 0 Å². The molecule has 1 heterocycles. The van der Waals surface area contributed by atoms with Gasteiger partial charge in [0, 0.05) is 11.1 Å². The Kier molecular flexibility index (Phi) is 4.67. The number of hydrogen-bond donors (Lipinski definition) is 3. The van der Waals surface area contributed by atoms with Crippen LogP contribution in [-0.4, -0.2) is 30.7 Å². The van der Waals surface area contributed by atoms with Crippen LogP contribution in [0, 0.1) is 6.92 Å². The van der Waals surface area contributed by atoms with Crippen LogP contribution in [0.5, 0.6) is 5.75 Å². The maximum absolute atomic E-state index is 12.0. The molecule has 0 atom stereocenters. The summed E-state index contributed by atoms with van der Waals surface area (Å²) >= 11 is 1.12. The number of aromatic hydroxyl groups is 1. The number of phenols is 1. The zero-order valence-corrected chi connectivity index (χ0v) is 13.6. The molecule has 0 radical (unpaired) electrons. The van der Waals surface area contributed by atoms with Gasteiger partial charge in [0.25, 0.3) is 0 Å². The number of rotatable bonds is 5. The molecule has 0 aliphatic carbocycles. The lowest BCUT2D eigenvalue weighted by Gasteiger charge is -2.07. The molecule has 1 amide bonds. The number of sulfonamides is 1. The Labute approximate surface area is 132 Å². The minimum absolute atomic E-state index is 0.0300. The highest BCUT2D eigenvalue weighted by Gasteiger charge is 2.11. The third-order valence-corrected chi connectivity index (χ3v) is 4.15. The van der Waals surface area contributed by atoms with Gasteiger partial charge in [-0.3, -0.25) is 9.52 Å². The van der Waals surface area contributed by atoms with Gasteiger partial charge in [0.2, 0.25) is 15.9 Å². The first-order valence-corrected chi connectivity index (χ1v) is 9.02. The van der Waals surface area contributed by atoms with Gasteiger partial charge in [-0.15, -0.1) is 11.3 Å². The van der Waals surface area contributed by atoms with Crippen LogP contribution < -0.4 is 10.0 Å². The van der Waals surface area contributed by atoms with Crippen molar-refractivity contribution >= 4 is 38.1 Å². The molecule has 22 heavy (non-hydrogen) atoms. The molecule has 0 spiro atoms. The van der Waals surface area contributed by atoms with E-state index in [4.69, 9.17) is 0 Å². The fourth-order valence-corrected chi connectivity index (χ4v) is 3.30. The molecule has 2 aromatic rings. The number of nitrogens with one attached hydrogen (secondary N) is 2. The predicted molar refractivity (Wildman–Crippen MR) is 85.8 cm³/mol. The number of amides is 1. The first-order valence-electron chi connectivity index (χ1n) is 6.24. The molecule has 2 rings (SSSR count). The molecule has 118 valence electrons. The van der Waals surface area contributed by atoms with Crippen molar-refractivity contribution in [3.63, 3.8) is 0 Å². The molecule has 0 fully saturated rings. The van der Waals surface area contributed by atoms with Gasteiger partial charge in [-0.2, -0.15) is 0 Å². The second-order valence-electron chi connectivity index (χ2n) is 4.74. The quantitative estimate of drug-likeness (QED) is 0.718. The van der Waals surface area contributed by atoms with Crippen LogP contribution in [0.1, 0.15) is 11.3 Å². The molecule has 1 aromatic carbocycles. The van der Waals surface area contributed by atoms with Crippen LogP contribution in [0.15, 0.2) is 23.6 Å². The molecule has 0 unspecified atom stereocenters. The number of aryl methyl sites for hydroxylation is 1. The average molecular weight is 341 g/mol. The maximum atomic E-state index is 12.0. The van der Waals surface area contributed by atoms with Crippen LogP contribution in [0.4, 0.5) is 10.8 Å². The first-order chi connectivity index (χ1) is 10.2. The van der Waals surface area contributed by atoms with E-state index < -0.39 is 10.0 Å². The fourth-order valence-electron chi connectivity index (χ4n) is 1.74. The van der Waals surface area contributed by atoms with Gasteiger partial charge in [-0.1, -0.05) is 0 Å². The Morgan fingerprint density at radius 3 is 2.77 bits per heavy atom. The summed E-state index contributed by atoms with van der Waals surface area (Å²) < 4.78 is 24.4. The first kappa shape index (κ1) is 16.2. The van der Waals surface area contributed by atoms with E-state index in [-0.39, 0.29) is 23.2 Å². The van der Waals surface area contributed by atoms with Crippen molar-refractivity contribution in [3.8, 4) is 5.75 Å². The summed E-state index contributed by atoms with van der Waals surface area (Å²) in [5, 5.41) is 13.9. The molecule has 0 aliphatic rings. The minimum Gasteiger partial charge on any atom is -0.508 e.